The van der Waals surface area contributed by atoms with E-state index in [4.69, 9.17) is 4.74 Å². The van der Waals surface area contributed by atoms with Crippen LogP contribution in [0.2, 0.25) is 0 Å². The van der Waals surface area contributed by atoms with Crippen molar-refractivity contribution < 1.29 is 4.74 Å². The van der Waals surface area contributed by atoms with E-state index in [9.17, 15) is 0 Å². The van der Waals surface area contributed by atoms with Crippen LogP contribution in [0.4, 0.5) is 0 Å². The van der Waals surface area contributed by atoms with Gasteiger partial charge in [0.25, 0.3) is 0 Å². The molecule has 1 atom stereocenters. The molecule has 1 aromatic carbocycles. The maximum absolute atomic E-state index is 5.00. The van der Waals surface area contributed by atoms with E-state index in [1.165, 1.54) is 5.56 Å². The summed E-state index contributed by atoms with van der Waals surface area (Å²) in [5.41, 5.74) is 1.31. The highest BCUT2D eigenvalue weighted by molar-refractivity contribution is 9.09. The Morgan fingerprint density at radius 3 is 2.58 bits per heavy atom. The van der Waals surface area contributed by atoms with Crippen LogP contribution in [0.25, 0.3) is 0 Å². The highest BCUT2D eigenvalue weighted by Gasteiger charge is 2.04. The van der Waals surface area contributed by atoms with Gasteiger partial charge in [-0.25, -0.2) is 0 Å². The first kappa shape index (κ1) is 9.75. The fourth-order valence-corrected chi connectivity index (χ4v) is 1.54. The summed E-state index contributed by atoms with van der Waals surface area (Å²) in [4.78, 5) is 0.415. The Hall–Kier alpha value is -0.340. The van der Waals surface area contributed by atoms with Crippen LogP contribution in [0.15, 0.2) is 30.3 Å². The summed E-state index contributed by atoms with van der Waals surface area (Å²) in [5.74, 6) is 0. The third kappa shape index (κ3) is 2.95. The first-order chi connectivity index (χ1) is 5.84. The van der Waals surface area contributed by atoms with Crippen molar-refractivity contribution in [2.75, 3.05) is 13.7 Å². The predicted octanol–water partition coefficient (Wildman–Crippen LogP) is 3.16. The third-order valence-electron chi connectivity index (χ3n) is 1.74. The van der Waals surface area contributed by atoms with Crippen LogP contribution in [-0.2, 0) is 4.74 Å². The van der Waals surface area contributed by atoms with Gasteiger partial charge in [-0.3, -0.25) is 0 Å². The minimum Gasteiger partial charge on any atom is -0.385 e. The Morgan fingerprint density at radius 2 is 2.00 bits per heavy atom. The second kappa shape index (κ2) is 5.33. The Kier molecular flexibility index (Phi) is 4.33. The molecule has 66 valence electrons. The summed E-state index contributed by atoms with van der Waals surface area (Å²) in [6.45, 7) is 0.796. The van der Waals surface area contributed by atoms with Gasteiger partial charge in [-0.2, -0.15) is 0 Å². The zero-order valence-electron chi connectivity index (χ0n) is 7.16. The summed E-state index contributed by atoms with van der Waals surface area (Å²) < 4.78 is 5.00. The molecule has 0 aliphatic heterocycles. The molecule has 0 heterocycles. The molecule has 0 fully saturated rings. The zero-order chi connectivity index (χ0) is 8.81. The molecule has 0 radical (unpaired) electrons. The van der Waals surface area contributed by atoms with Crippen molar-refractivity contribution in [1.82, 2.24) is 0 Å². The summed E-state index contributed by atoms with van der Waals surface area (Å²) in [7, 11) is 1.73. The lowest BCUT2D eigenvalue weighted by Crippen LogP contribution is -1.95. The van der Waals surface area contributed by atoms with Crippen molar-refractivity contribution in [2.24, 2.45) is 0 Å². The fraction of sp³-hybridized carbons (Fsp3) is 0.400. The summed E-state index contributed by atoms with van der Waals surface area (Å²) in [5, 5.41) is 0. The molecule has 12 heavy (non-hydrogen) atoms. The molecule has 1 aromatic rings. The van der Waals surface area contributed by atoms with Gasteiger partial charge < -0.3 is 4.74 Å². The highest BCUT2D eigenvalue weighted by Crippen LogP contribution is 2.25. The van der Waals surface area contributed by atoms with Crippen molar-refractivity contribution >= 4 is 15.9 Å². The van der Waals surface area contributed by atoms with Crippen LogP contribution in [0.1, 0.15) is 16.8 Å². The summed E-state index contributed by atoms with van der Waals surface area (Å²) >= 11 is 3.61. The number of alkyl halides is 1. The molecule has 0 N–H and O–H groups in total. The molecule has 0 amide bonds. The van der Waals surface area contributed by atoms with Gasteiger partial charge in [0.05, 0.1) is 0 Å². The lowest BCUT2D eigenvalue weighted by molar-refractivity contribution is 0.195. The standard InChI is InChI=1S/C10H13BrO/c1-12-8-7-10(11)9-5-3-2-4-6-9/h2-6,10H,7-8H2,1H3/t10-/m1/s1. The van der Waals surface area contributed by atoms with Crippen molar-refractivity contribution in [1.29, 1.82) is 0 Å². The molecule has 0 aromatic heterocycles. The Labute approximate surface area is 81.9 Å². The second-order valence-corrected chi connectivity index (χ2v) is 3.77. The second-order valence-electron chi connectivity index (χ2n) is 2.66. The normalized spacial score (nSPS) is 12.8. The number of hydrogen-bond acceptors (Lipinski definition) is 1. The Bertz CT molecular complexity index is 210. The summed E-state index contributed by atoms with van der Waals surface area (Å²) in [6.07, 6.45) is 1.01. The number of halogens is 1. The van der Waals surface area contributed by atoms with E-state index in [-0.39, 0.29) is 0 Å². The van der Waals surface area contributed by atoms with Gasteiger partial charge in [0, 0.05) is 18.5 Å². The first-order valence-corrected chi connectivity index (χ1v) is 4.94. The van der Waals surface area contributed by atoms with Gasteiger partial charge in [0.1, 0.15) is 0 Å². The molecule has 0 unspecified atom stereocenters. The minimum absolute atomic E-state index is 0.415. The number of rotatable bonds is 4. The number of hydrogen-bond donors (Lipinski definition) is 0. The van der Waals surface area contributed by atoms with Crippen molar-refractivity contribution in [3.63, 3.8) is 0 Å². The van der Waals surface area contributed by atoms with Crippen LogP contribution in [-0.4, -0.2) is 13.7 Å². The molecule has 1 rings (SSSR count). The van der Waals surface area contributed by atoms with Gasteiger partial charge in [-0.1, -0.05) is 46.3 Å². The SMILES string of the molecule is COCC[C@@H](Br)c1ccccc1. The Balaban J connectivity index is 2.48. The maximum atomic E-state index is 5.00. The van der Waals surface area contributed by atoms with E-state index < -0.39 is 0 Å². The van der Waals surface area contributed by atoms with E-state index >= 15 is 0 Å². The Morgan fingerprint density at radius 1 is 1.33 bits per heavy atom. The number of benzene rings is 1. The molecule has 0 aliphatic carbocycles. The molecule has 0 bridgehead atoms. The number of methoxy groups -OCH3 is 1. The lowest BCUT2D eigenvalue weighted by Gasteiger charge is -2.08. The van der Waals surface area contributed by atoms with E-state index in [0.717, 1.165) is 13.0 Å². The largest absolute Gasteiger partial charge is 0.385 e. The average Bonchev–Trinajstić information content (AvgIpc) is 2.15. The molecule has 0 saturated carbocycles. The van der Waals surface area contributed by atoms with Crippen molar-refractivity contribution in [2.45, 2.75) is 11.2 Å². The van der Waals surface area contributed by atoms with E-state index in [1.54, 1.807) is 7.11 Å². The molecule has 0 aliphatic rings. The maximum Gasteiger partial charge on any atom is 0.0476 e. The van der Waals surface area contributed by atoms with Crippen LogP contribution < -0.4 is 0 Å². The lowest BCUT2D eigenvalue weighted by atomic mass is 10.1. The number of ether oxygens (including phenoxy) is 1. The molecule has 0 saturated heterocycles. The molecular formula is C10H13BrO. The monoisotopic (exact) mass is 228 g/mol. The zero-order valence-corrected chi connectivity index (χ0v) is 8.75. The highest BCUT2D eigenvalue weighted by atomic mass is 79.9. The summed E-state index contributed by atoms with van der Waals surface area (Å²) in [6, 6.07) is 10.4. The fourth-order valence-electron chi connectivity index (χ4n) is 1.05. The van der Waals surface area contributed by atoms with Crippen molar-refractivity contribution in [3.05, 3.63) is 35.9 Å². The van der Waals surface area contributed by atoms with Gasteiger partial charge in [0.15, 0.2) is 0 Å². The van der Waals surface area contributed by atoms with Gasteiger partial charge in [0.2, 0.25) is 0 Å². The molecular weight excluding hydrogens is 216 g/mol. The van der Waals surface area contributed by atoms with Gasteiger partial charge in [-0.15, -0.1) is 0 Å². The van der Waals surface area contributed by atoms with Gasteiger partial charge in [-0.05, 0) is 12.0 Å². The molecule has 1 nitrogen and oxygen atoms in total. The van der Waals surface area contributed by atoms with E-state index in [0.29, 0.717) is 4.83 Å². The molecule has 0 spiro atoms. The third-order valence-corrected chi connectivity index (χ3v) is 2.72. The van der Waals surface area contributed by atoms with Crippen molar-refractivity contribution in [3.8, 4) is 0 Å². The van der Waals surface area contributed by atoms with Crippen LogP contribution in [0.5, 0.6) is 0 Å². The molecule has 2 heteroatoms. The smallest absolute Gasteiger partial charge is 0.0476 e. The van der Waals surface area contributed by atoms with Gasteiger partial charge >= 0.3 is 0 Å². The van der Waals surface area contributed by atoms with Crippen LogP contribution in [0.3, 0.4) is 0 Å². The minimum atomic E-state index is 0.415. The average molecular weight is 229 g/mol. The predicted molar refractivity (Wildman–Crippen MR) is 54.6 cm³/mol. The van der Waals surface area contributed by atoms with E-state index in [2.05, 4.69) is 40.2 Å². The topological polar surface area (TPSA) is 9.23 Å². The van der Waals surface area contributed by atoms with Crippen LogP contribution in [0, 0.1) is 0 Å². The quantitative estimate of drug-likeness (QED) is 0.720. The first-order valence-electron chi connectivity index (χ1n) is 4.02. The van der Waals surface area contributed by atoms with E-state index in [1.807, 2.05) is 6.07 Å². The van der Waals surface area contributed by atoms with Crippen LogP contribution >= 0.6 is 15.9 Å².